The summed E-state index contributed by atoms with van der Waals surface area (Å²) in [6, 6.07) is 14.8. The van der Waals surface area contributed by atoms with Crippen molar-refractivity contribution in [2.45, 2.75) is 18.9 Å². The molecule has 0 bridgehead atoms. The van der Waals surface area contributed by atoms with Gasteiger partial charge in [-0.3, -0.25) is 4.79 Å². The van der Waals surface area contributed by atoms with E-state index >= 15 is 0 Å². The van der Waals surface area contributed by atoms with Crippen molar-refractivity contribution < 1.29 is 9.53 Å². The van der Waals surface area contributed by atoms with E-state index in [0.29, 0.717) is 23.7 Å². The SMILES string of the molecule is O=C(c1cccc(-n2cncn2)c1)N1CCC(Oc2ccc(Cl)cc2)CC1. The van der Waals surface area contributed by atoms with Crippen LogP contribution in [0.25, 0.3) is 5.69 Å². The summed E-state index contributed by atoms with van der Waals surface area (Å²) in [5, 5.41) is 4.80. The highest BCUT2D eigenvalue weighted by molar-refractivity contribution is 6.30. The molecule has 1 fully saturated rings. The Hall–Kier alpha value is -2.86. The molecule has 1 aliphatic heterocycles. The van der Waals surface area contributed by atoms with E-state index in [1.165, 1.54) is 6.33 Å². The second-order valence-electron chi connectivity index (χ2n) is 6.45. The molecule has 4 rings (SSSR count). The van der Waals surface area contributed by atoms with E-state index < -0.39 is 0 Å². The van der Waals surface area contributed by atoms with Crippen molar-refractivity contribution in [2.24, 2.45) is 0 Å². The Morgan fingerprint density at radius 3 is 2.59 bits per heavy atom. The predicted molar refractivity (Wildman–Crippen MR) is 102 cm³/mol. The molecule has 1 amide bonds. The number of likely N-dealkylation sites (tertiary alicyclic amines) is 1. The number of amides is 1. The maximum atomic E-state index is 12.8. The van der Waals surface area contributed by atoms with Crippen molar-refractivity contribution >= 4 is 17.5 Å². The van der Waals surface area contributed by atoms with E-state index in [-0.39, 0.29) is 12.0 Å². The van der Waals surface area contributed by atoms with Crippen LogP contribution in [-0.2, 0) is 0 Å². The maximum Gasteiger partial charge on any atom is 0.253 e. The molecule has 0 N–H and O–H groups in total. The summed E-state index contributed by atoms with van der Waals surface area (Å²) in [5.74, 6) is 0.839. The first-order valence-electron chi connectivity index (χ1n) is 8.85. The average molecular weight is 383 g/mol. The largest absolute Gasteiger partial charge is 0.490 e. The molecule has 2 aromatic carbocycles. The molecule has 0 unspecified atom stereocenters. The third-order valence-electron chi connectivity index (χ3n) is 4.62. The fourth-order valence-electron chi connectivity index (χ4n) is 3.19. The molecular formula is C20H19ClN4O2. The summed E-state index contributed by atoms with van der Waals surface area (Å²) in [5.41, 5.74) is 1.47. The lowest BCUT2D eigenvalue weighted by molar-refractivity contribution is 0.0595. The minimum Gasteiger partial charge on any atom is -0.490 e. The van der Waals surface area contributed by atoms with Gasteiger partial charge < -0.3 is 9.64 Å². The van der Waals surface area contributed by atoms with E-state index in [2.05, 4.69) is 10.1 Å². The van der Waals surface area contributed by atoms with Crippen LogP contribution in [0.1, 0.15) is 23.2 Å². The Bertz CT molecular complexity index is 904. The van der Waals surface area contributed by atoms with Gasteiger partial charge in [0.15, 0.2) is 0 Å². The van der Waals surface area contributed by atoms with Crippen molar-refractivity contribution in [1.29, 1.82) is 0 Å². The van der Waals surface area contributed by atoms with Crippen LogP contribution >= 0.6 is 11.6 Å². The lowest BCUT2D eigenvalue weighted by atomic mass is 10.1. The van der Waals surface area contributed by atoms with Crippen LogP contribution in [0, 0.1) is 0 Å². The number of hydrogen-bond acceptors (Lipinski definition) is 4. The number of carbonyl (C=O) groups excluding carboxylic acids is 1. The first-order valence-corrected chi connectivity index (χ1v) is 9.23. The van der Waals surface area contributed by atoms with Crippen molar-refractivity contribution in [3.63, 3.8) is 0 Å². The first-order chi connectivity index (χ1) is 13.2. The highest BCUT2D eigenvalue weighted by atomic mass is 35.5. The Labute approximate surface area is 162 Å². The number of ether oxygens (including phenoxy) is 1. The van der Waals surface area contributed by atoms with Crippen molar-refractivity contribution in [2.75, 3.05) is 13.1 Å². The third kappa shape index (κ3) is 4.11. The van der Waals surface area contributed by atoms with E-state index in [4.69, 9.17) is 16.3 Å². The molecule has 27 heavy (non-hydrogen) atoms. The average Bonchev–Trinajstić information content (AvgIpc) is 3.25. The summed E-state index contributed by atoms with van der Waals surface area (Å²) in [7, 11) is 0. The molecular weight excluding hydrogens is 364 g/mol. The van der Waals surface area contributed by atoms with Gasteiger partial charge in [0, 0.05) is 36.5 Å². The Morgan fingerprint density at radius 1 is 1.11 bits per heavy atom. The second kappa shape index (κ2) is 7.80. The van der Waals surface area contributed by atoms with Gasteiger partial charge in [-0.25, -0.2) is 9.67 Å². The monoisotopic (exact) mass is 382 g/mol. The third-order valence-corrected chi connectivity index (χ3v) is 4.87. The summed E-state index contributed by atoms with van der Waals surface area (Å²) in [4.78, 5) is 18.7. The van der Waals surface area contributed by atoms with Gasteiger partial charge in [0.25, 0.3) is 5.91 Å². The molecule has 1 saturated heterocycles. The van der Waals surface area contributed by atoms with E-state index in [0.717, 1.165) is 24.3 Å². The molecule has 0 saturated carbocycles. The van der Waals surface area contributed by atoms with Crippen molar-refractivity contribution in [3.05, 3.63) is 71.8 Å². The Kier molecular flexibility index (Phi) is 5.07. The molecule has 1 aliphatic rings. The van der Waals surface area contributed by atoms with Gasteiger partial charge in [-0.15, -0.1) is 0 Å². The van der Waals surface area contributed by atoms with E-state index in [1.807, 2.05) is 53.4 Å². The van der Waals surface area contributed by atoms with Crippen LogP contribution in [0.2, 0.25) is 5.02 Å². The number of benzene rings is 2. The molecule has 2 heterocycles. The molecule has 138 valence electrons. The van der Waals surface area contributed by atoms with Crippen LogP contribution in [0.3, 0.4) is 0 Å². The van der Waals surface area contributed by atoms with E-state index in [9.17, 15) is 4.79 Å². The highest BCUT2D eigenvalue weighted by Gasteiger charge is 2.25. The van der Waals surface area contributed by atoms with Crippen LogP contribution < -0.4 is 4.74 Å². The first kappa shape index (κ1) is 17.5. The van der Waals surface area contributed by atoms with Crippen LogP contribution in [0.4, 0.5) is 0 Å². The molecule has 0 atom stereocenters. The number of nitrogens with zero attached hydrogens (tertiary/aromatic N) is 4. The number of carbonyl (C=O) groups is 1. The summed E-state index contributed by atoms with van der Waals surface area (Å²) < 4.78 is 7.64. The zero-order valence-corrected chi connectivity index (χ0v) is 15.4. The lowest BCUT2D eigenvalue weighted by Gasteiger charge is -2.32. The van der Waals surface area contributed by atoms with Gasteiger partial charge in [0.2, 0.25) is 0 Å². The predicted octanol–water partition coefficient (Wildman–Crippen LogP) is 3.60. The number of piperidine rings is 1. The number of rotatable bonds is 4. The molecule has 3 aromatic rings. The van der Waals surface area contributed by atoms with Gasteiger partial charge in [-0.1, -0.05) is 17.7 Å². The Morgan fingerprint density at radius 2 is 1.89 bits per heavy atom. The number of halogens is 1. The molecule has 0 aliphatic carbocycles. The quantitative estimate of drug-likeness (QED) is 0.691. The number of hydrogen-bond donors (Lipinski definition) is 0. The topological polar surface area (TPSA) is 60.2 Å². The van der Waals surface area contributed by atoms with Crippen LogP contribution in [0.15, 0.2) is 61.2 Å². The summed E-state index contributed by atoms with van der Waals surface area (Å²) in [6.07, 6.45) is 4.80. The fourth-order valence-corrected chi connectivity index (χ4v) is 3.31. The number of aromatic nitrogens is 3. The smallest absolute Gasteiger partial charge is 0.253 e. The molecule has 6 nitrogen and oxygen atoms in total. The second-order valence-corrected chi connectivity index (χ2v) is 6.89. The lowest BCUT2D eigenvalue weighted by Crippen LogP contribution is -2.41. The maximum absolute atomic E-state index is 12.8. The normalized spacial score (nSPS) is 14.9. The van der Waals surface area contributed by atoms with Crippen molar-refractivity contribution in [3.8, 4) is 11.4 Å². The standard InChI is InChI=1S/C20H19ClN4O2/c21-16-4-6-18(7-5-16)27-19-8-10-24(11-9-19)20(26)15-2-1-3-17(12-15)25-14-22-13-23-25/h1-7,12-14,19H,8-11H2. The van der Waals surface area contributed by atoms with Gasteiger partial charge in [0.05, 0.1) is 5.69 Å². The van der Waals surface area contributed by atoms with Crippen LogP contribution in [-0.4, -0.2) is 44.8 Å². The minimum absolute atomic E-state index is 0.0295. The highest BCUT2D eigenvalue weighted by Crippen LogP contribution is 2.22. The van der Waals surface area contributed by atoms with Crippen molar-refractivity contribution in [1.82, 2.24) is 19.7 Å². The fraction of sp³-hybridized carbons (Fsp3) is 0.250. The zero-order valence-electron chi connectivity index (χ0n) is 14.7. The molecule has 0 spiro atoms. The van der Waals surface area contributed by atoms with Gasteiger partial charge in [-0.2, -0.15) is 5.10 Å². The summed E-state index contributed by atoms with van der Waals surface area (Å²) in [6.45, 7) is 1.34. The molecule has 0 radical (unpaired) electrons. The minimum atomic E-state index is 0.0295. The van der Waals surface area contributed by atoms with Gasteiger partial charge >= 0.3 is 0 Å². The Balaban J connectivity index is 1.37. The van der Waals surface area contributed by atoms with Crippen LogP contribution in [0.5, 0.6) is 5.75 Å². The molecule has 7 heteroatoms. The molecule has 1 aromatic heterocycles. The van der Waals surface area contributed by atoms with Gasteiger partial charge in [-0.05, 0) is 42.5 Å². The van der Waals surface area contributed by atoms with Gasteiger partial charge in [0.1, 0.15) is 24.5 Å². The zero-order chi connectivity index (χ0) is 18.6. The summed E-state index contributed by atoms with van der Waals surface area (Å²) >= 11 is 5.90. The van der Waals surface area contributed by atoms with E-state index in [1.54, 1.807) is 11.0 Å².